The summed E-state index contributed by atoms with van der Waals surface area (Å²) in [6.45, 7) is 4.29. The van der Waals surface area contributed by atoms with Crippen molar-refractivity contribution < 1.29 is 9.59 Å². The zero-order valence-electron chi connectivity index (χ0n) is 14.6. The average Bonchev–Trinajstić information content (AvgIpc) is 2.85. The van der Waals surface area contributed by atoms with Gasteiger partial charge in [-0.1, -0.05) is 30.4 Å². The van der Waals surface area contributed by atoms with Crippen molar-refractivity contribution in [2.45, 2.75) is 39.0 Å². The second-order valence-corrected chi connectivity index (χ2v) is 6.94. The van der Waals surface area contributed by atoms with Gasteiger partial charge in [-0.05, 0) is 56.4 Å². The van der Waals surface area contributed by atoms with Crippen LogP contribution in [-0.4, -0.2) is 18.4 Å². The molecule has 0 saturated carbocycles. The number of carbonyl (C=O) groups is 2. The van der Waals surface area contributed by atoms with E-state index < -0.39 is 17.2 Å². The highest BCUT2D eigenvalue weighted by Gasteiger charge is 2.46. The highest BCUT2D eigenvalue weighted by molar-refractivity contribution is 6.03. The number of fused-ring (bicyclic) bond motifs is 1. The van der Waals surface area contributed by atoms with Gasteiger partial charge in [0.2, 0.25) is 5.91 Å². The number of hydrogen-bond acceptors (Lipinski definition) is 3. The van der Waals surface area contributed by atoms with E-state index in [4.69, 9.17) is 0 Å². The van der Waals surface area contributed by atoms with Crippen molar-refractivity contribution in [2.24, 2.45) is 10.6 Å². The first kappa shape index (κ1) is 17.3. The highest BCUT2D eigenvalue weighted by atomic mass is 16.3. The molecule has 3 rings (SSSR count). The molecule has 0 radical (unpaired) electrons. The molecule has 0 aromatic heterocycles. The molecule has 0 spiro atoms. The number of benzene rings is 1. The summed E-state index contributed by atoms with van der Waals surface area (Å²) >= 11 is 0. The lowest BCUT2D eigenvalue weighted by molar-refractivity contribution is -0.124. The van der Waals surface area contributed by atoms with Gasteiger partial charge in [-0.3, -0.25) is 9.59 Å². The minimum atomic E-state index is -0.686. The van der Waals surface area contributed by atoms with E-state index in [2.05, 4.69) is 23.4 Å². The van der Waals surface area contributed by atoms with E-state index in [0.717, 1.165) is 30.5 Å². The highest BCUT2D eigenvalue weighted by Crippen LogP contribution is 2.43. The second-order valence-electron chi connectivity index (χ2n) is 6.94. The monoisotopic (exact) mass is 338 g/mol. The Kier molecular flexibility index (Phi) is 4.66. The van der Waals surface area contributed by atoms with E-state index in [9.17, 15) is 14.5 Å². The van der Waals surface area contributed by atoms with Gasteiger partial charge in [0.1, 0.15) is 0 Å². The Bertz CT molecular complexity index is 764. The summed E-state index contributed by atoms with van der Waals surface area (Å²) in [6.07, 6.45) is 9.04. The molecule has 5 nitrogen and oxygen atoms in total. The molecule has 0 bridgehead atoms. The predicted molar refractivity (Wildman–Crippen MR) is 97.2 cm³/mol. The predicted octanol–water partition coefficient (Wildman–Crippen LogP) is 4.10. The fourth-order valence-electron chi connectivity index (χ4n) is 3.58. The van der Waals surface area contributed by atoms with Gasteiger partial charge >= 0.3 is 0 Å². The van der Waals surface area contributed by atoms with Gasteiger partial charge in [-0.25, -0.2) is 0 Å². The van der Waals surface area contributed by atoms with E-state index in [0.29, 0.717) is 6.54 Å². The van der Waals surface area contributed by atoms with Crippen molar-refractivity contribution in [1.29, 1.82) is 0 Å². The molecule has 0 N–H and O–H groups in total. The summed E-state index contributed by atoms with van der Waals surface area (Å²) in [7, 11) is 0. The van der Waals surface area contributed by atoms with Crippen LogP contribution >= 0.6 is 0 Å². The van der Waals surface area contributed by atoms with Crippen molar-refractivity contribution in [3.05, 3.63) is 58.5 Å². The van der Waals surface area contributed by atoms with Crippen LogP contribution in [0.5, 0.6) is 0 Å². The molecule has 1 aromatic carbocycles. The Hall–Kier alpha value is -2.56. The summed E-state index contributed by atoms with van der Waals surface area (Å²) in [5, 5.41) is 2.49. The maximum atomic E-state index is 13.1. The summed E-state index contributed by atoms with van der Waals surface area (Å²) < 4.78 is 0. The van der Waals surface area contributed by atoms with Crippen LogP contribution in [0.25, 0.3) is 0 Å². The third kappa shape index (κ3) is 3.06. The third-order valence-electron chi connectivity index (χ3n) is 5.40. The molecule has 1 heterocycles. The van der Waals surface area contributed by atoms with Crippen LogP contribution in [-0.2, 0) is 9.59 Å². The van der Waals surface area contributed by atoms with E-state index >= 15 is 0 Å². The van der Waals surface area contributed by atoms with Crippen molar-refractivity contribution in [2.75, 3.05) is 11.4 Å². The Morgan fingerprint density at radius 2 is 1.96 bits per heavy atom. The molecule has 1 fully saturated rings. The summed E-state index contributed by atoms with van der Waals surface area (Å²) in [4.78, 5) is 36.7. The van der Waals surface area contributed by atoms with E-state index in [-0.39, 0.29) is 5.91 Å². The number of hydrogen-bond donors (Lipinski definition) is 0. The van der Waals surface area contributed by atoms with Gasteiger partial charge in [-0.15, -0.1) is 4.91 Å². The number of carbonyl (C=O) groups excluding carboxylic acids is 2. The van der Waals surface area contributed by atoms with E-state index in [1.54, 1.807) is 19.1 Å². The van der Waals surface area contributed by atoms with Gasteiger partial charge in [0.25, 0.3) is 5.91 Å². The lowest BCUT2D eigenvalue weighted by atomic mass is 9.78. The normalized spacial score (nSPS) is 27.5. The smallest absolute Gasteiger partial charge is 0.293 e. The lowest BCUT2D eigenvalue weighted by Crippen LogP contribution is -2.33. The largest absolute Gasteiger partial charge is 0.308 e. The van der Waals surface area contributed by atoms with Crippen molar-refractivity contribution in [1.82, 2.24) is 0 Å². The van der Waals surface area contributed by atoms with Gasteiger partial charge in [0.15, 0.2) is 0 Å². The van der Waals surface area contributed by atoms with Gasteiger partial charge in [0.05, 0.1) is 11.3 Å². The molecule has 1 aromatic rings. The summed E-state index contributed by atoms with van der Waals surface area (Å²) in [5.41, 5.74) is 2.28. The van der Waals surface area contributed by atoms with Gasteiger partial charge < -0.3 is 4.90 Å². The average molecular weight is 338 g/mol. The second kappa shape index (κ2) is 6.75. The Morgan fingerprint density at radius 1 is 1.24 bits per heavy atom. The van der Waals surface area contributed by atoms with E-state index in [1.165, 1.54) is 5.57 Å². The third-order valence-corrected chi connectivity index (χ3v) is 5.40. The minimum absolute atomic E-state index is 0.125. The van der Waals surface area contributed by atoms with Crippen LogP contribution in [0.1, 0.15) is 44.6 Å². The zero-order chi connectivity index (χ0) is 18.0. The maximum Gasteiger partial charge on any atom is 0.293 e. The first-order valence-electron chi connectivity index (χ1n) is 8.61. The van der Waals surface area contributed by atoms with Gasteiger partial charge in [-0.2, -0.15) is 0 Å². The molecule has 130 valence electrons. The first-order valence-corrected chi connectivity index (χ1v) is 8.61. The van der Waals surface area contributed by atoms with E-state index in [1.807, 2.05) is 24.0 Å². The molecular formula is C20H22N2O3. The number of allylic oxidation sites excluding steroid dienone is 3. The topological polar surface area (TPSA) is 66.8 Å². The quantitative estimate of drug-likeness (QED) is 0.615. The molecule has 1 aliphatic heterocycles. The van der Waals surface area contributed by atoms with Crippen LogP contribution in [0.3, 0.4) is 0 Å². The molecule has 2 unspecified atom stereocenters. The maximum absolute atomic E-state index is 13.1. The minimum Gasteiger partial charge on any atom is -0.308 e. The Morgan fingerprint density at radius 3 is 2.64 bits per heavy atom. The number of nitrogens with zero attached hydrogens (tertiary/aromatic N) is 2. The number of amides is 2. The van der Waals surface area contributed by atoms with Crippen LogP contribution in [0.4, 0.5) is 5.69 Å². The molecule has 1 saturated heterocycles. The Balaban J connectivity index is 1.85. The van der Waals surface area contributed by atoms with Crippen LogP contribution in [0.2, 0.25) is 0 Å². The number of anilines is 1. The number of nitroso groups, excluding NO2 is 1. The zero-order valence-corrected chi connectivity index (χ0v) is 14.6. The van der Waals surface area contributed by atoms with Crippen LogP contribution < -0.4 is 4.90 Å². The standard InChI is InChI=1S/C20H22N2O3/c1-14(18(23)21-25)15-8-10-17(11-9-15)22-13-16-7-5-3-4-6-12-20(16,2)19(22)24/h3-4,7-11,14H,5-6,12-13H2,1-2H3/b4-3-,16-7-. The molecule has 5 heteroatoms. The van der Waals surface area contributed by atoms with Crippen molar-refractivity contribution >= 4 is 17.5 Å². The fraction of sp³-hybridized carbons (Fsp3) is 0.400. The van der Waals surface area contributed by atoms with Crippen molar-refractivity contribution in [3.63, 3.8) is 0 Å². The van der Waals surface area contributed by atoms with Crippen LogP contribution in [0, 0.1) is 10.3 Å². The Labute approximate surface area is 147 Å². The lowest BCUT2D eigenvalue weighted by Gasteiger charge is -2.24. The number of rotatable bonds is 3. The molecule has 2 aliphatic rings. The summed E-state index contributed by atoms with van der Waals surface area (Å²) in [6, 6.07) is 7.25. The molecule has 25 heavy (non-hydrogen) atoms. The molecular weight excluding hydrogens is 316 g/mol. The molecule has 2 atom stereocenters. The molecule has 1 aliphatic carbocycles. The first-order chi connectivity index (χ1) is 12.0. The fourth-order valence-corrected chi connectivity index (χ4v) is 3.58. The van der Waals surface area contributed by atoms with Crippen LogP contribution in [0.15, 0.2) is 53.2 Å². The summed E-state index contributed by atoms with van der Waals surface area (Å²) in [5.74, 6) is -1.13. The van der Waals surface area contributed by atoms with Crippen molar-refractivity contribution in [3.8, 4) is 0 Å². The van der Waals surface area contributed by atoms with Gasteiger partial charge in [0, 0.05) is 17.4 Å². The SMILES string of the molecule is CC(C(=O)N=O)c1ccc(N2C/C3=C/C/C=C\CCC3(C)C2=O)cc1. The molecule has 2 amide bonds.